The van der Waals surface area contributed by atoms with Crippen LogP contribution in [0.4, 0.5) is 0 Å². The summed E-state index contributed by atoms with van der Waals surface area (Å²) in [5, 5.41) is 10.5. The van der Waals surface area contributed by atoms with Crippen LogP contribution in [-0.2, 0) is 9.53 Å². The lowest BCUT2D eigenvalue weighted by Gasteiger charge is -2.60. The molecule has 30 heavy (non-hydrogen) atoms. The fraction of sp³-hybridized carbons (Fsp3) is 0.962. The highest BCUT2D eigenvalue weighted by Gasteiger charge is 2.64. The van der Waals surface area contributed by atoms with E-state index in [4.69, 9.17) is 4.74 Å². The van der Waals surface area contributed by atoms with Gasteiger partial charge in [-0.15, -0.1) is 0 Å². The Morgan fingerprint density at radius 3 is 2.73 bits per heavy atom. The second-order valence-electron chi connectivity index (χ2n) is 12.3. The van der Waals surface area contributed by atoms with Crippen LogP contribution in [0.15, 0.2) is 0 Å². The van der Waals surface area contributed by atoms with Crippen LogP contribution in [0.1, 0.15) is 78.1 Å². The SMILES string of the molecule is C[C@H](CCC(=O)N(C)C)[C@H]1CC[C@H]2[C@@H]3CC[C@H]4C[C@H](O)[C@@H]5C[C@]4(CO5)[C@H]3CC[C@]12C. The molecule has 0 aromatic heterocycles. The number of fused-ring (bicyclic) bond motifs is 4. The lowest BCUT2D eigenvalue weighted by atomic mass is 9.44. The molecule has 4 aliphatic carbocycles. The minimum atomic E-state index is -0.224. The number of nitrogens with zero attached hydrogens (tertiary/aromatic N) is 1. The van der Waals surface area contributed by atoms with Crippen molar-refractivity contribution in [3.8, 4) is 0 Å². The van der Waals surface area contributed by atoms with Crippen LogP contribution in [0.3, 0.4) is 0 Å². The van der Waals surface area contributed by atoms with Crippen molar-refractivity contribution < 1.29 is 14.6 Å². The highest BCUT2D eigenvalue weighted by Crippen LogP contribution is 2.69. The van der Waals surface area contributed by atoms with Crippen molar-refractivity contribution >= 4 is 5.91 Å². The Morgan fingerprint density at radius 1 is 1.17 bits per heavy atom. The molecule has 10 atom stereocenters. The summed E-state index contributed by atoms with van der Waals surface area (Å²) < 4.78 is 6.18. The summed E-state index contributed by atoms with van der Waals surface area (Å²) in [4.78, 5) is 13.9. The Bertz CT molecular complexity index is 679. The number of hydrogen-bond donors (Lipinski definition) is 1. The molecule has 4 nitrogen and oxygen atoms in total. The van der Waals surface area contributed by atoms with Gasteiger partial charge in [-0.1, -0.05) is 13.8 Å². The fourth-order valence-electron chi connectivity index (χ4n) is 9.48. The van der Waals surface area contributed by atoms with E-state index in [9.17, 15) is 9.90 Å². The maximum Gasteiger partial charge on any atom is 0.222 e. The van der Waals surface area contributed by atoms with E-state index in [2.05, 4.69) is 13.8 Å². The van der Waals surface area contributed by atoms with Gasteiger partial charge in [0, 0.05) is 25.9 Å². The van der Waals surface area contributed by atoms with Gasteiger partial charge in [0.05, 0.1) is 18.8 Å². The summed E-state index contributed by atoms with van der Waals surface area (Å²) >= 11 is 0. The average Bonchev–Trinajstić information content (AvgIpc) is 3.27. The number of amides is 1. The third kappa shape index (κ3) is 3.03. The average molecular weight is 418 g/mol. The number of carbonyl (C=O) groups excluding carboxylic acids is 1. The normalized spacial score (nSPS) is 50.4. The Morgan fingerprint density at radius 2 is 1.97 bits per heavy atom. The number of aliphatic hydroxyl groups excluding tert-OH is 1. The van der Waals surface area contributed by atoms with Gasteiger partial charge in [-0.3, -0.25) is 4.79 Å². The van der Waals surface area contributed by atoms with Crippen LogP contribution >= 0.6 is 0 Å². The van der Waals surface area contributed by atoms with Crippen molar-refractivity contribution in [1.82, 2.24) is 4.90 Å². The van der Waals surface area contributed by atoms with Crippen LogP contribution in [0.25, 0.3) is 0 Å². The molecule has 0 aromatic rings. The molecule has 5 fully saturated rings. The van der Waals surface area contributed by atoms with Crippen molar-refractivity contribution in [2.45, 2.75) is 90.3 Å². The van der Waals surface area contributed by atoms with E-state index in [1.165, 1.54) is 38.5 Å². The molecule has 0 aromatic carbocycles. The monoisotopic (exact) mass is 417 g/mol. The highest BCUT2D eigenvalue weighted by molar-refractivity contribution is 5.75. The first-order valence-electron chi connectivity index (χ1n) is 12.8. The zero-order valence-corrected chi connectivity index (χ0v) is 19.6. The molecule has 1 saturated heterocycles. The van der Waals surface area contributed by atoms with Gasteiger partial charge in [-0.05, 0) is 98.7 Å². The first kappa shape index (κ1) is 21.2. The predicted molar refractivity (Wildman–Crippen MR) is 118 cm³/mol. The lowest BCUT2D eigenvalue weighted by molar-refractivity contribution is -0.129. The topological polar surface area (TPSA) is 49.8 Å². The van der Waals surface area contributed by atoms with E-state index in [0.717, 1.165) is 49.5 Å². The van der Waals surface area contributed by atoms with Crippen LogP contribution in [0.2, 0.25) is 0 Å². The number of aliphatic hydroxyl groups is 1. The molecule has 1 N–H and O–H groups in total. The second-order valence-corrected chi connectivity index (χ2v) is 12.3. The Labute approximate surface area is 183 Å². The second kappa shape index (κ2) is 7.47. The molecule has 1 aliphatic heterocycles. The van der Waals surface area contributed by atoms with Gasteiger partial charge < -0.3 is 14.7 Å². The maximum absolute atomic E-state index is 12.1. The van der Waals surface area contributed by atoms with Gasteiger partial charge in [0.15, 0.2) is 0 Å². The summed E-state index contributed by atoms with van der Waals surface area (Å²) in [6.07, 6.45) is 11.9. The molecule has 170 valence electrons. The van der Waals surface area contributed by atoms with Crippen molar-refractivity contribution in [2.24, 2.45) is 46.3 Å². The van der Waals surface area contributed by atoms with Gasteiger partial charge in [-0.25, -0.2) is 0 Å². The van der Waals surface area contributed by atoms with Crippen LogP contribution in [0, 0.1) is 46.3 Å². The minimum Gasteiger partial charge on any atom is -0.390 e. The first-order valence-corrected chi connectivity index (χ1v) is 12.8. The molecule has 0 unspecified atom stereocenters. The molecule has 2 bridgehead atoms. The van der Waals surface area contributed by atoms with E-state index >= 15 is 0 Å². The first-order chi connectivity index (χ1) is 14.3. The zero-order valence-electron chi connectivity index (χ0n) is 19.6. The molecule has 1 spiro atoms. The van der Waals surface area contributed by atoms with Gasteiger partial charge in [0.25, 0.3) is 0 Å². The molecule has 1 heterocycles. The minimum absolute atomic E-state index is 0.110. The number of carbonyl (C=O) groups is 1. The summed E-state index contributed by atoms with van der Waals surface area (Å²) in [7, 11) is 3.75. The third-order valence-electron chi connectivity index (χ3n) is 11.0. The zero-order chi connectivity index (χ0) is 21.3. The van der Waals surface area contributed by atoms with Crippen LogP contribution in [0.5, 0.6) is 0 Å². The van der Waals surface area contributed by atoms with Gasteiger partial charge in [-0.2, -0.15) is 0 Å². The molecular formula is C26H43NO3. The molecule has 4 heteroatoms. The summed E-state index contributed by atoms with van der Waals surface area (Å²) in [6.45, 7) is 5.94. The Kier molecular flexibility index (Phi) is 5.29. The fourth-order valence-corrected chi connectivity index (χ4v) is 9.48. The van der Waals surface area contributed by atoms with E-state index in [0.29, 0.717) is 29.1 Å². The maximum atomic E-state index is 12.1. The molecule has 0 radical (unpaired) electrons. The number of rotatable bonds is 4. The molecule has 4 saturated carbocycles. The smallest absolute Gasteiger partial charge is 0.222 e. The van der Waals surface area contributed by atoms with Crippen molar-refractivity contribution in [2.75, 3.05) is 20.7 Å². The highest BCUT2D eigenvalue weighted by atomic mass is 16.5. The van der Waals surface area contributed by atoms with Crippen molar-refractivity contribution in [3.63, 3.8) is 0 Å². The van der Waals surface area contributed by atoms with Gasteiger partial charge in [0.1, 0.15) is 0 Å². The molecule has 1 amide bonds. The summed E-state index contributed by atoms with van der Waals surface area (Å²) in [6, 6.07) is 0. The Hall–Kier alpha value is -0.610. The molecule has 5 aliphatic rings. The number of hydrogen-bond acceptors (Lipinski definition) is 3. The van der Waals surface area contributed by atoms with Crippen molar-refractivity contribution in [1.29, 1.82) is 0 Å². The summed E-state index contributed by atoms with van der Waals surface area (Å²) in [5.41, 5.74) is 0.828. The van der Waals surface area contributed by atoms with Crippen molar-refractivity contribution in [3.05, 3.63) is 0 Å². The van der Waals surface area contributed by atoms with E-state index in [-0.39, 0.29) is 18.1 Å². The predicted octanol–water partition coefficient (Wildman–Crippen LogP) is 4.50. The quantitative estimate of drug-likeness (QED) is 0.733. The van der Waals surface area contributed by atoms with E-state index in [1.54, 1.807) is 4.90 Å². The summed E-state index contributed by atoms with van der Waals surface area (Å²) in [5.74, 6) is 4.90. The van der Waals surface area contributed by atoms with Crippen LogP contribution < -0.4 is 0 Å². The molecular weight excluding hydrogens is 374 g/mol. The van der Waals surface area contributed by atoms with E-state index in [1.807, 2.05) is 14.1 Å². The molecule has 5 rings (SSSR count). The largest absolute Gasteiger partial charge is 0.390 e. The van der Waals surface area contributed by atoms with Gasteiger partial charge >= 0.3 is 0 Å². The Balaban J connectivity index is 1.31. The van der Waals surface area contributed by atoms with E-state index < -0.39 is 0 Å². The van der Waals surface area contributed by atoms with Crippen LogP contribution in [-0.4, -0.2) is 48.8 Å². The number of ether oxygens (including phenoxy) is 1. The van der Waals surface area contributed by atoms with Gasteiger partial charge in [0.2, 0.25) is 5.91 Å². The third-order valence-corrected chi connectivity index (χ3v) is 11.0. The lowest BCUT2D eigenvalue weighted by Crippen LogP contribution is -2.55. The standard InChI is InChI=1S/C26H43NO3/c1-16(5-10-24(29)27(3)4)19-8-9-20-18-7-6-17-13-22(28)23-14-26(17,15-30-23)21(18)11-12-25(19,20)2/h16-23,28H,5-15H2,1-4H3/t16-,17+,18+,19-,20+,21+,22+,23+,25-,26-/m1/s1.